The van der Waals surface area contributed by atoms with Crippen LogP contribution in [-0.4, -0.2) is 40.6 Å². The third-order valence-electron chi connectivity index (χ3n) is 4.79. The van der Waals surface area contributed by atoms with Gasteiger partial charge in [-0.2, -0.15) is 0 Å². The van der Waals surface area contributed by atoms with Crippen LogP contribution in [0.3, 0.4) is 0 Å². The van der Waals surface area contributed by atoms with Crippen molar-refractivity contribution < 1.29 is 9.53 Å². The van der Waals surface area contributed by atoms with Crippen LogP contribution in [-0.2, 0) is 22.6 Å². The Morgan fingerprint density at radius 3 is 2.69 bits per heavy atom. The summed E-state index contributed by atoms with van der Waals surface area (Å²) in [6.45, 7) is 2.19. The molecule has 4 rings (SSSR count). The fourth-order valence-electron chi connectivity index (χ4n) is 3.30. The minimum atomic E-state index is -0.258. The number of aromatic nitrogens is 3. The fraction of sp³-hybridized carbons (Fsp3) is 0.273. The van der Waals surface area contributed by atoms with Crippen molar-refractivity contribution in [2.24, 2.45) is 5.73 Å². The summed E-state index contributed by atoms with van der Waals surface area (Å²) in [7, 11) is 1.62. The number of methoxy groups -OCH3 is 1. The van der Waals surface area contributed by atoms with Crippen molar-refractivity contribution in [1.29, 1.82) is 0 Å². The van der Waals surface area contributed by atoms with E-state index < -0.39 is 0 Å². The second-order valence-electron chi connectivity index (χ2n) is 7.29. The monoisotopic (exact) mass is 487 g/mol. The lowest BCUT2D eigenvalue weighted by molar-refractivity contribution is -0.116. The van der Waals surface area contributed by atoms with E-state index in [0.717, 1.165) is 31.4 Å². The molecule has 3 aromatic heterocycles. The van der Waals surface area contributed by atoms with E-state index in [0.29, 0.717) is 29.7 Å². The zero-order chi connectivity index (χ0) is 22.7. The number of pyridine rings is 1. The SMILES string of the molecule is COCc1nc(N(CC(N)Cc2ccc(Cl)cc2)C(C)=O)sc1-c1nc2ccncc2s1. The van der Waals surface area contributed by atoms with Gasteiger partial charge in [-0.05, 0) is 30.2 Å². The van der Waals surface area contributed by atoms with Crippen LogP contribution in [0.25, 0.3) is 20.1 Å². The first-order chi connectivity index (χ1) is 15.4. The Bertz CT molecular complexity index is 1190. The first-order valence-corrected chi connectivity index (χ1v) is 11.9. The number of nitrogens with zero attached hydrogens (tertiary/aromatic N) is 4. The number of benzene rings is 1. The van der Waals surface area contributed by atoms with E-state index in [-0.39, 0.29) is 11.9 Å². The van der Waals surface area contributed by atoms with Crippen LogP contribution in [0.1, 0.15) is 18.2 Å². The maximum absolute atomic E-state index is 12.5. The highest BCUT2D eigenvalue weighted by atomic mass is 35.5. The molecule has 3 heterocycles. The molecular weight excluding hydrogens is 466 g/mol. The molecular formula is C22H22ClN5O2S2. The van der Waals surface area contributed by atoms with E-state index in [2.05, 4.69) is 4.98 Å². The second kappa shape index (κ2) is 10.0. The van der Waals surface area contributed by atoms with Crippen LogP contribution in [0.5, 0.6) is 0 Å². The highest BCUT2D eigenvalue weighted by molar-refractivity contribution is 7.26. The number of hydrogen-bond acceptors (Lipinski definition) is 8. The topological polar surface area (TPSA) is 94.2 Å². The Balaban J connectivity index is 1.61. The molecule has 10 heteroatoms. The molecule has 0 saturated carbocycles. The van der Waals surface area contributed by atoms with Crippen molar-refractivity contribution in [3.8, 4) is 9.88 Å². The number of nitrogens with two attached hydrogens (primary N) is 1. The van der Waals surface area contributed by atoms with Gasteiger partial charge >= 0.3 is 0 Å². The van der Waals surface area contributed by atoms with E-state index in [1.807, 2.05) is 30.3 Å². The third kappa shape index (κ3) is 5.13. The normalized spacial score (nSPS) is 12.2. The molecule has 1 amide bonds. The van der Waals surface area contributed by atoms with E-state index in [1.54, 1.807) is 35.7 Å². The molecule has 0 saturated heterocycles. The third-order valence-corrected chi connectivity index (χ3v) is 7.32. The lowest BCUT2D eigenvalue weighted by Gasteiger charge is -2.22. The van der Waals surface area contributed by atoms with Gasteiger partial charge in [-0.25, -0.2) is 9.97 Å². The van der Waals surface area contributed by atoms with Crippen LogP contribution in [0.15, 0.2) is 42.7 Å². The van der Waals surface area contributed by atoms with E-state index in [4.69, 9.17) is 32.0 Å². The molecule has 1 unspecified atom stereocenters. The minimum Gasteiger partial charge on any atom is -0.378 e. The zero-order valence-electron chi connectivity index (χ0n) is 17.6. The van der Waals surface area contributed by atoms with Crippen LogP contribution in [0.2, 0.25) is 5.02 Å². The van der Waals surface area contributed by atoms with E-state index >= 15 is 0 Å². The average Bonchev–Trinajstić information content (AvgIpc) is 3.37. The number of carbonyl (C=O) groups is 1. The van der Waals surface area contributed by atoms with Gasteiger partial charge in [0, 0.05) is 44.0 Å². The molecule has 2 N–H and O–H groups in total. The first-order valence-electron chi connectivity index (χ1n) is 9.92. The van der Waals surface area contributed by atoms with Gasteiger partial charge in [-0.15, -0.1) is 11.3 Å². The van der Waals surface area contributed by atoms with Crippen molar-refractivity contribution in [2.75, 3.05) is 18.6 Å². The van der Waals surface area contributed by atoms with Gasteiger partial charge in [0.2, 0.25) is 5.91 Å². The molecule has 1 aromatic carbocycles. The summed E-state index contributed by atoms with van der Waals surface area (Å²) in [5.41, 5.74) is 9.09. The number of halogens is 1. The van der Waals surface area contributed by atoms with Gasteiger partial charge in [0.05, 0.1) is 27.4 Å². The summed E-state index contributed by atoms with van der Waals surface area (Å²) in [5.74, 6) is -0.116. The number of fused-ring (bicyclic) bond motifs is 1. The Morgan fingerprint density at radius 1 is 1.22 bits per heavy atom. The summed E-state index contributed by atoms with van der Waals surface area (Å²) in [5, 5.41) is 2.10. The van der Waals surface area contributed by atoms with Gasteiger partial charge in [0.15, 0.2) is 5.13 Å². The highest BCUT2D eigenvalue weighted by Crippen LogP contribution is 2.39. The number of rotatable bonds is 8. The summed E-state index contributed by atoms with van der Waals surface area (Å²) >= 11 is 8.93. The van der Waals surface area contributed by atoms with E-state index in [1.165, 1.54) is 18.3 Å². The van der Waals surface area contributed by atoms with Crippen LogP contribution in [0, 0.1) is 0 Å². The maximum atomic E-state index is 12.5. The fourth-order valence-corrected chi connectivity index (χ4v) is 5.57. The minimum absolute atomic E-state index is 0.116. The second-order valence-corrected chi connectivity index (χ2v) is 9.73. The van der Waals surface area contributed by atoms with E-state index in [9.17, 15) is 4.79 Å². The molecule has 0 fully saturated rings. The number of hydrogen-bond donors (Lipinski definition) is 1. The summed E-state index contributed by atoms with van der Waals surface area (Å²) < 4.78 is 6.35. The standard InChI is InChI=1S/C22H22ClN5O2S2/c1-13(29)28(11-16(24)9-14-3-5-15(23)6-4-14)22-27-18(12-30-2)20(32-22)21-26-17-7-8-25-10-19(17)31-21/h3-8,10,16H,9,11-12,24H2,1-2H3. The van der Waals surface area contributed by atoms with Gasteiger partial charge in [-0.3, -0.25) is 14.7 Å². The summed E-state index contributed by atoms with van der Waals surface area (Å²) in [6.07, 6.45) is 4.14. The molecule has 1 atom stereocenters. The van der Waals surface area contributed by atoms with Crippen molar-refractivity contribution in [3.63, 3.8) is 0 Å². The van der Waals surface area contributed by atoms with Gasteiger partial charge < -0.3 is 10.5 Å². The van der Waals surface area contributed by atoms with Crippen molar-refractivity contribution in [2.45, 2.75) is 26.0 Å². The Morgan fingerprint density at radius 2 is 2.00 bits per heavy atom. The Hall–Kier alpha value is -2.43. The number of ether oxygens (including phenoxy) is 1. The molecule has 0 aliphatic rings. The molecule has 7 nitrogen and oxygen atoms in total. The molecule has 0 spiro atoms. The molecule has 0 aliphatic carbocycles. The molecule has 0 bridgehead atoms. The smallest absolute Gasteiger partial charge is 0.225 e. The highest BCUT2D eigenvalue weighted by Gasteiger charge is 2.24. The molecule has 166 valence electrons. The van der Waals surface area contributed by atoms with Gasteiger partial charge in [-0.1, -0.05) is 35.1 Å². The zero-order valence-corrected chi connectivity index (χ0v) is 20.0. The predicted octanol–water partition coefficient (Wildman–Crippen LogP) is 4.54. The van der Waals surface area contributed by atoms with Gasteiger partial charge in [0.25, 0.3) is 0 Å². The average molecular weight is 488 g/mol. The van der Waals surface area contributed by atoms with Gasteiger partial charge in [0.1, 0.15) is 5.01 Å². The maximum Gasteiger partial charge on any atom is 0.225 e. The first kappa shape index (κ1) is 22.8. The number of thiazole rings is 2. The lowest BCUT2D eigenvalue weighted by Crippen LogP contribution is -2.41. The number of carbonyl (C=O) groups excluding carboxylic acids is 1. The molecule has 4 aromatic rings. The summed E-state index contributed by atoms with van der Waals surface area (Å²) in [4.78, 5) is 28.6. The largest absolute Gasteiger partial charge is 0.378 e. The quantitative estimate of drug-likeness (QED) is 0.392. The molecule has 0 aliphatic heterocycles. The van der Waals surface area contributed by atoms with Crippen LogP contribution in [0.4, 0.5) is 5.13 Å². The predicted molar refractivity (Wildman–Crippen MR) is 130 cm³/mol. The van der Waals surface area contributed by atoms with Crippen LogP contribution >= 0.6 is 34.3 Å². The number of anilines is 1. The van der Waals surface area contributed by atoms with Crippen LogP contribution < -0.4 is 10.6 Å². The lowest BCUT2D eigenvalue weighted by atomic mass is 10.1. The Kier molecular flexibility index (Phi) is 7.12. The molecule has 32 heavy (non-hydrogen) atoms. The Labute approximate surface area is 198 Å². The van der Waals surface area contributed by atoms with Crippen molar-refractivity contribution in [3.05, 3.63) is 59.0 Å². The van der Waals surface area contributed by atoms with Crippen molar-refractivity contribution in [1.82, 2.24) is 15.0 Å². The summed E-state index contributed by atoms with van der Waals surface area (Å²) in [6, 6.07) is 9.19. The molecule has 0 radical (unpaired) electrons. The number of amides is 1. The van der Waals surface area contributed by atoms with Crippen molar-refractivity contribution >= 4 is 55.5 Å².